The van der Waals surface area contributed by atoms with Crippen molar-refractivity contribution < 1.29 is 19.1 Å². The Morgan fingerprint density at radius 3 is 1.96 bits per heavy atom. The minimum absolute atomic E-state index is 0.255. The zero-order valence-electron chi connectivity index (χ0n) is 14.6. The third-order valence-corrected chi connectivity index (χ3v) is 3.88. The summed E-state index contributed by atoms with van der Waals surface area (Å²) in [5.41, 5.74) is 7.15. The lowest BCUT2D eigenvalue weighted by molar-refractivity contribution is -0.119. The fourth-order valence-electron chi connectivity index (χ4n) is 2.63. The first-order valence-electron chi connectivity index (χ1n) is 8.45. The fourth-order valence-corrected chi connectivity index (χ4v) is 2.63. The monoisotopic (exact) mass is 361 g/mol. The minimum Gasteiger partial charge on any atom is -0.484 e. The molecule has 3 aromatic carbocycles. The van der Waals surface area contributed by atoms with E-state index in [-0.39, 0.29) is 6.61 Å². The first kappa shape index (κ1) is 18.2. The van der Waals surface area contributed by atoms with Crippen molar-refractivity contribution in [3.05, 3.63) is 102 Å². The Bertz CT molecular complexity index is 870. The number of carbonyl (C=O) groups is 2. The van der Waals surface area contributed by atoms with Crippen molar-refractivity contribution in [3.63, 3.8) is 0 Å². The first-order valence-corrected chi connectivity index (χ1v) is 8.45. The van der Waals surface area contributed by atoms with Crippen LogP contribution in [0, 0.1) is 0 Å². The van der Waals surface area contributed by atoms with Crippen molar-refractivity contribution in [2.24, 2.45) is 5.73 Å². The van der Waals surface area contributed by atoms with Gasteiger partial charge in [-0.3, -0.25) is 4.79 Å². The van der Waals surface area contributed by atoms with Gasteiger partial charge in [0.1, 0.15) is 5.75 Å². The molecule has 5 heteroatoms. The van der Waals surface area contributed by atoms with E-state index in [2.05, 4.69) is 0 Å². The minimum atomic E-state index is -0.587. The maximum Gasteiger partial charge on any atom is 0.339 e. The summed E-state index contributed by atoms with van der Waals surface area (Å²) in [6, 6.07) is 25.5. The molecule has 136 valence electrons. The van der Waals surface area contributed by atoms with E-state index >= 15 is 0 Å². The number of nitrogens with two attached hydrogens (primary N) is 1. The molecule has 0 radical (unpaired) electrons. The molecule has 3 rings (SSSR count). The topological polar surface area (TPSA) is 78.6 Å². The van der Waals surface area contributed by atoms with Crippen LogP contribution in [0.3, 0.4) is 0 Å². The van der Waals surface area contributed by atoms with E-state index in [1.54, 1.807) is 18.2 Å². The maximum absolute atomic E-state index is 12.7. The third-order valence-electron chi connectivity index (χ3n) is 3.88. The van der Waals surface area contributed by atoms with Gasteiger partial charge in [-0.25, -0.2) is 4.79 Å². The van der Waals surface area contributed by atoms with Crippen LogP contribution in [-0.2, 0) is 9.53 Å². The van der Waals surface area contributed by atoms with E-state index in [0.717, 1.165) is 11.1 Å². The van der Waals surface area contributed by atoms with Crippen LogP contribution in [0.5, 0.6) is 5.75 Å². The van der Waals surface area contributed by atoms with Crippen LogP contribution in [0.1, 0.15) is 27.6 Å². The lowest BCUT2D eigenvalue weighted by Crippen LogP contribution is -2.20. The van der Waals surface area contributed by atoms with E-state index in [4.69, 9.17) is 15.2 Å². The van der Waals surface area contributed by atoms with Crippen LogP contribution in [0.25, 0.3) is 0 Å². The molecule has 0 heterocycles. The molecule has 0 saturated heterocycles. The maximum atomic E-state index is 12.7. The highest BCUT2D eigenvalue weighted by molar-refractivity contribution is 5.90. The zero-order valence-corrected chi connectivity index (χ0v) is 14.6. The van der Waals surface area contributed by atoms with Crippen LogP contribution >= 0.6 is 0 Å². The molecule has 0 aliphatic carbocycles. The molecule has 0 fully saturated rings. The number of carbonyl (C=O) groups excluding carboxylic acids is 2. The molecular formula is C22H19NO4. The second kappa shape index (κ2) is 8.67. The molecule has 2 N–H and O–H groups in total. The Hall–Kier alpha value is -3.60. The second-order valence-corrected chi connectivity index (χ2v) is 5.89. The number of esters is 1. The van der Waals surface area contributed by atoms with Crippen molar-refractivity contribution in [1.82, 2.24) is 0 Å². The van der Waals surface area contributed by atoms with Gasteiger partial charge >= 0.3 is 5.97 Å². The summed E-state index contributed by atoms with van der Waals surface area (Å²) in [6.07, 6.45) is -0.532. The molecule has 0 aliphatic heterocycles. The number of ether oxygens (including phenoxy) is 2. The van der Waals surface area contributed by atoms with E-state index in [9.17, 15) is 9.59 Å². The van der Waals surface area contributed by atoms with Gasteiger partial charge in [0.05, 0.1) is 5.56 Å². The third kappa shape index (κ3) is 4.95. The van der Waals surface area contributed by atoms with Gasteiger partial charge in [0.25, 0.3) is 5.91 Å². The Morgan fingerprint density at radius 1 is 0.815 bits per heavy atom. The lowest BCUT2D eigenvalue weighted by atomic mass is 10.0. The molecule has 5 nitrogen and oxygen atoms in total. The average molecular weight is 361 g/mol. The summed E-state index contributed by atoms with van der Waals surface area (Å²) >= 11 is 0. The van der Waals surface area contributed by atoms with Crippen LogP contribution in [0.4, 0.5) is 0 Å². The highest BCUT2D eigenvalue weighted by atomic mass is 16.5. The molecule has 0 unspecified atom stereocenters. The van der Waals surface area contributed by atoms with Crippen molar-refractivity contribution in [2.75, 3.05) is 6.61 Å². The normalized spacial score (nSPS) is 10.4. The van der Waals surface area contributed by atoms with E-state index in [1.165, 1.54) is 6.07 Å². The Balaban J connectivity index is 1.83. The Labute approximate surface area is 157 Å². The highest BCUT2D eigenvalue weighted by Gasteiger charge is 2.20. The van der Waals surface area contributed by atoms with Gasteiger partial charge in [-0.15, -0.1) is 0 Å². The predicted octanol–water partition coefficient (Wildman–Crippen LogP) is 3.50. The van der Waals surface area contributed by atoms with Gasteiger partial charge in [-0.1, -0.05) is 66.7 Å². The van der Waals surface area contributed by atoms with Crippen LogP contribution in [0.2, 0.25) is 0 Å². The Kier molecular flexibility index (Phi) is 5.84. The molecule has 27 heavy (non-hydrogen) atoms. The van der Waals surface area contributed by atoms with Gasteiger partial charge < -0.3 is 15.2 Å². The van der Waals surface area contributed by atoms with Gasteiger partial charge in [0, 0.05) is 0 Å². The summed E-state index contributed by atoms with van der Waals surface area (Å²) in [5, 5.41) is 0. The van der Waals surface area contributed by atoms with E-state index in [0.29, 0.717) is 11.3 Å². The van der Waals surface area contributed by atoms with Crippen molar-refractivity contribution in [2.45, 2.75) is 6.10 Å². The highest BCUT2D eigenvalue weighted by Crippen LogP contribution is 2.27. The summed E-state index contributed by atoms with van der Waals surface area (Å²) < 4.78 is 11.1. The number of amides is 1. The van der Waals surface area contributed by atoms with Gasteiger partial charge in [0.2, 0.25) is 0 Å². The average Bonchev–Trinajstić information content (AvgIpc) is 2.72. The summed E-state index contributed by atoms with van der Waals surface area (Å²) in [6.45, 7) is -0.255. The number of hydrogen-bond acceptors (Lipinski definition) is 4. The van der Waals surface area contributed by atoms with E-state index < -0.39 is 18.0 Å². The molecule has 3 aromatic rings. The fraction of sp³-hybridized carbons (Fsp3) is 0.0909. The number of primary amides is 1. The smallest absolute Gasteiger partial charge is 0.339 e. The quantitative estimate of drug-likeness (QED) is 0.653. The van der Waals surface area contributed by atoms with Crippen LogP contribution < -0.4 is 10.5 Å². The number of hydrogen-bond donors (Lipinski definition) is 1. The van der Waals surface area contributed by atoms with Gasteiger partial charge in [0.15, 0.2) is 12.7 Å². The molecular weight excluding hydrogens is 342 g/mol. The van der Waals surface area contributed by atoms with Crippen molar-refractivity contribution in [1.29, 1.82) is 0 Å². The molecule has 0 spiro atoms. The summed E-state index contributed by atoms with van der Waals surface area (Å²) in [7, 11) is 0. The largest absolute Gasteiger partial charge is 0.484 e. The SMILES string of the molecule is NC(=O)COc1cccc(C(=O)OC(c2ccccc2)c2ccccc2)c1. The van der Waals surface area contributed by atoms with Crippen LogP contribution in [0.15, 0.2) is 84.9 Å². The lowest BCUT2D eigenvalue weighted by Gasteiger charge is -2.19. The molecule has 0 aliphatic rings. The standard InChI is InChI=1S/C22H19NO4/c23-20(24)15-26-19-13-7-12-18(14-19)22(25)27-21(16-8-3-1-4-9-16)17-10-5-2-6-11-17/h1-14,21H,15H2,(H2,23,24). The molecule has 0 bridgehead atoms. The molecule has 0 saturated carbocycles. The van der Waals surface area contributed by atoms with Gasteiger partial charge in [-0.05, 0) is 29.3 Å². The first-order chi connectivity index (χ1) is 13.1. The zero-order chi connectivity index (χ0) is 19.1. The predicted molar refractivity (Wildman–Crippen MR) is 101 cm³/mol. The summed E-state index contributed by atoms with van der Waals surface area (Å²) in [4.78, 5) is 23.6. The number of rotatable bonds is 7. The number of benzene rings is 3. The summed E-state index contributed by atoms with van der Waals surface area (Å²) in [5.74, 6) is -0.701. The van der Waals surface area contributed by atoms with Crippen molar-refractivity contribution in [3.8, 4) is 5.75 Å². The Morgan fingerprint density at radius 2 is 1.41 bits per heavy atom. The second-order valence-electron chi connectivity index (χ2n) is 5.89. The molecule has 1 amide bonds. The molecule has 0 atom stereocenters. The molecule has 0 aromatic heterocycles. The van der Waals surface area contributed by atoms with Gasteiger partial charge in [-0.2, -0.15) is 0 Å². The van der Waals surface area contributed by atoms with Crippen LogP contribution in [-0.4, -0.2) is 18.5 Å². The van der Waals surface area contributed by atoms with Crippen molar-refractivity contribution >= 4 is 11.9 Å². The van der Waals surface area contributed by atoms with E-state index in [1.807, 2.05) is 60.7 Å².